The molecule has 0 saturated carbocycles. The zero-order valence-corrected chi connectivity index (χ0v) is 29.7. The van der Waals surface area contributed by atoms with Gasteiger partial charge in [-0.05, 0) is 61.8 Å². The zero-order valence-electron chi connectivity index (χ0n) is 28.9. The number of nitrogens with zero attached hydrogens (tertiary/aromatic N) is 2. The van der Waals surface area contributed by atoms with Crippen LogP contribution in [0.2, 0.25) is 0 Å². The predicted octanol–water partition coefficient (Wildman–Crippen LogP) is 4.38. The Kier molecular flexibility index (Phi) is 13.7. The van der Waals surface area contributed by atoms with Gasteiger partial charge in [0.25, 0.3) is 0 Å². The Morgan fingerprint density at radius 3 is 2.55 bits per heavy atom. The molecular weight excluding hydrogens is 652 g/mol. The molecule has 272 valence electrons. The molecule has 2 amide bonds. The Balaban J connectivity index is 1.62. The van der Waals surface area contributed by atoms with Crippen LogP contribution >= 0.6 is 0 Å². The normalized spacial score (nSPS) is 20.4. The van der Waals surface area contributed by atoms with Crippen molar-refractivity contribution in [3.63, 3.8) is 0 Å². The van der Waals surface area contributed by atoms with E-state index in [1.165, 1.54) is 15.3 Å². The molecule has 2 fully saturated rings. The van der Waals surface area contributed by atoms with E-state index in [0.29, 0.717) is 44.5 Å². The van der Waals surface area contributed by atoms with Crippen LogP contribution in [0.3, 0.4) is 0 Å². The summed E-state index contributed by atoms with van der Waals surface area (Å²) in [5.41, 5.74) is 0.888. The van der Waals surface area contributed by atoms with Gasteiger partial charge < -0.3 is 35.1 Å². The lowest BCUT2D eigenvalue weighted by atomic mass is 9.87. The molecule has 0 bridgehead atoms. The monoisotopic (exact) mass is 704 g/mol. The lowest BCUT2D eigenvalue weighted by Gasteiger charge is -2.40. The van der Waals surface area contributed by atoms with Crippen molar-refractivity contribution < 1.29 is 42.4 Å². The van der Waals surface area contributed by atoms with Gasteiger partial charge in [0.2, 0.25) is 10.0 Å². The predicted molar refractivity (Wildman–Crippen MR) is 185 cm³/mol. The van der Waals surface area contributed by atoms with E-state index >= 15 is 0 Å². The number of ether oxygens (including phenoxy) is 3. The number of carboxylic acid groups (broad SMARTS) is 1. The van der Waals surface area contributed by atoms with Crippen molar-refractivity contribution in [1.82, 2.24) is 14.5 Å². The number of unbranched alkanes of at least 4 members (excludes halogenated alkanes) is 1. The first-order valence-corrected chi connectivity index (χ1v) is 18.5. The highest BCUT2D eigenvalue weighted by Gasteiger charge is 2.49. The minimum Gasteiger partial charge on any atom is -0.465 e. The van der Waals surface area contributed by atoms with E-state index in [0.717, 1.165) is 5.56 Å². The molecule has 2 aliphatic heterocycles. The molecule has 0 unspecified atom stereocenters. The molecule has 13 nitrogen and oxygen atoms in total. The molecule has 49 heavy (non-hydrogen) atoms. The molecule has 2 aromatic rings. The van der Waals surface area contributed by atoms with Crippen LogP contribution in [0.5, 0.6) is 0 Å². The van der Waals surface area contributed by atoms with Crippen LogP contribution in [0, 0.1) is 11.3 Å². The summed E-state index contributed by atoms with van der Waals surface area (Å²) in [5, 5.41) is 28.4. The third kappa shape index (κ3) is 10.3. The summed E-state index contributed by atoms with van der Waals surface area (Å²) >= 11 is 0. The maximum atomic E-state index is 14.4. The number of rotatable bonds is 18. The molecule has 4 N–H and O–H groups in total. The highest BCUT2D eigenvalue weighted by Crippen LogP contribution is 2.36. The molecule has 2 heterocycles. The number of aliphatic hydroxyl groups excluding tert-OH is 1. The molecule has 0 spiro atoms. The number of hydrogen-bond donors (Lipinski definition) is 4. The maximum Gasteiger partial charge on any atom is 0.407 e. The number of carbonyl (C=O) groups excluding carboxylic acids is 1. The van der Waals surface area contributed by atoms with E-state index in [2.05, 4.69) is 10.6 Å². The summed E-state index contributed by atoms with van der Waals surface area (Å²) in [6, 6.07) is 14.2. The number of anilines is 1. The van der Waals surface area contributed by atoms with Crippen LogP contribution in [0.25, 0.3) is 0 Å². The van der Waals surface area contributed by atoms with Crippen LogP contribution in [-0.4, -0.2) is 111 Å². The Hall–Kier alpha value is -3.43. The molecule has 5 atom stereocenters. The van der Waals surface area contributed by atoms with E-state index < -0.39 is 52.1 Å². The van der Waals surface area contributed by atoms with Gasteiger partial charge in [-0.2, -0.15) is 4.31 Å². The first kappa shape index (κ1) is 38.4. The molecule has 2 aromatic carbocycles. The number of benzene rings is 2. The number of hydrogen-bond acceptors (Lipinski definition) is 9. The molecular formula is C35H52N4O9S. The van der Waals surface area contributed by atoms with Crippen LogP contribution < -0.4 is 10.6 Å². The third-order valence-corrected chi connectivity index (χ3v) is 11.1. The minimum atomic E-state index is -4.15. The Morgan fingerprint density at radius 1 is 1.10 bits per heavy atom. The largest absolute Gasteiger partial charge is 0.465 e. The van der Waals surface area contributed by atoms with Gasteiger partial charge in [-0.25, -0.2) is 18.0 Å². The van der Waals surface area contributed by atoms with Gasteiger partial charge in [0.1, 0.15) is 0 Å². The van der Waals surface area contributed by atoms with Crippen LogP contribution in [0.4, 0.5) is 15.3 Å². The number of nitrogens with one attached hydrogen (secondary N) is 2. The lowest BCUT2D eigenvalue weighted by Crippen LogP contribution is -2.58. The van der Waals surface area contributed by atoms with Crippen LogP contribution in [0.1, 0.15) is 52.0 Å². The zero-order chi connectivity index (χ0) is 35.6. The summed E-state index contributed by atoms with van der Waals surface area (Å²) < 4.78 is 46.4. The molecule has 2 aliphatic rings. The number of fused-ring (bicyclic) bond motifs is 1. The fourth-order valence-corrected chi connectivity index (χ4v) is 8.42. The second-order valence-corrected chi connectivity index (χ2v) is 15.4. The topological polar surface area (TPSA) is 167 Å². The van der Waals surface area contributed by atoms with Crippen molar-refractivity contribution in [1.29, 1.82) is 0 Å². The Bertz CT molecular complexity index is 1480. The van der Waals surface area contributed by atoms with Crippen molar-refractivity contribution in [2.45, 2.75) is 82.2 Å². The summed E-state index contributed by atoms with van der Waals surface area (Å²) in [6.07, 6.45) is -0.776. The average molecular weight is 705 g/mol. The number of amides is 2. The van der Waals surface area contributed by atoms with Crippen LogP contribution in [-0.2, 0) is 30.7 Å². The smallest absolute Gasteiger partial charge is 0.407 e. The van der Waals surface area contributed by atoms with E-state index in [1.54, 1.807) is 32.2 Å². The summed E-state index contributed by atoms with van der Waals surface area (Å²) in [5.74, 6) is -0.192. The molecule has 0 aliphatic carbocycles. The number of carbonyl (C=O) groups is 2. The van der Waals surface area contributed by atoms with Crippen molar-refractivity contribution in [3.05, 3.63) is 60.2 Å². The first-order chi connectivity index (χ1) is 23.4. The van der Waals surface area contributed by atoms with Gasteiger partial charge in [-0.1, -0.05) is 56.7 Å². The van der Waals surface area contributed by atoms with Crippen molar-refractivity contribution in [3.8, 4) is 0 Å². The fourth-order valence-electron chi connectivity index (χ4n) is 6.73. The van der Waals surface area contributed by atoms with Gasteiger partial charge >= 0.3 is 12.2 Å². The fraction of sp³-hybridized carbons (Fsp3) is 0.600. The first-order valence-electron chi connectivity index (χ1n) is 17.0. The van der Waals surface area contributed by atoms with Gasteiger partial charge in [-0.15, -0.1) is 0 Å². The number of aliphatic hydroxyl groups is 1. The molecule has 0 radical (unpaired) electrons. The summed E-state index contributed by atoms with van der Waals surface area (Å²) in [7, 11) is -2.45. The van der Waals surface area contributed by atoms with Gasteiger partial charge in [-0.3, -0.25) is 4.90 Å². The molecule has 14 heteroatoms. The lowest BCUT2D eigenvalue weighted by molar-refractivity contribution is -0.0906. The summed E-state index contributed by atoms with van der Waals surface area (Å²) in [4.78, 5) is 26.0. The molecule has 4 rings (SSSR count). The highest BCUT2D eigenvalue weighted by atomic mass is 32.2. The standard InChI is InChI=1S/C35H52N4O9S/c1-5-46-33(41)37-18-10-9-17-35(2,3)24-38(49(44,45)27-15-11-14-26(21-27)36-4)22-31(40)29(20-25-12-7-6-8-13-25)39(34(42)43)30-23-48-32-28(30)16-19-47-32/h6-8,11-15,21,28-32,36,40H,5,9-10,16-20,22-24H2,1-4H3,(H,37,41)(H,42,43)/t28-,29-,30-,31+,32+/m0/s1. The SMILES string of the molecule is CCOC(=O)NCCCCC(C)(C)CN(C[C@@H](O)[C@H](Cc1ccccc1)N(C(=O)O)[C@H]1CO[C@H]2OCC[C@H]21)S(=O)(=O)c1cccc(NC)c1. The quantitative estimate of drug-likeness (QED) is 0.164. The van der Waals surface area contributed by atoms with Crippen LogP contribution in [0.15, 0.2) is 59.5 Å². The number of sulfonamides is 1. The third-order valence-electron chi connectivity index (χ3n) is 9.26. The van der Waals surface area contributed by atoms with E-state index in [9.17, 15) is 28.2 Å². The minimum absolute atomic E-state index is 0.0609. The molecule has 2 saturated heterocycles. The second kappa shape index (κ2) is 17.5. The van der Waals surface area contributed by atoms with Crippen molar-refractivity contribution in [2.24, 2.45) is 11.3 Å². The second-order valence-electron chi connectivity index (χ2n) is 13.5. The molecule has 0 aromatic heterocycles. The Morgan fingerprint density at radius 2 is 1.86 bits per heavy atom. The van der Waals surface area contributed by atoms with E-state index in [4.69, 9.17) is 14.2 Å². The van der Waals surface area contributed by atoms with Gasteiger partial charge in [0, 0.05) is 38.3 Å². The van der Waals surface area contributed by atoms with E-state index in [-0.39, 0.29) is 43.5 Å². The number of alkyl carbamates (subject to hydrolysis) is 1. The van der Waals surface area contributed by atoms with Crippen molar-refractivity contribution >= 4 is 27.9 Å². The summed E-state index contributed by atoms with van der Waals surface area (Å²) in [6.45, 7) is 6.69. The average Bonchev–Trinajstić information content (AvgIpc) is 3.69. The van der Waals surface area contributed by atoms with Gasteiger partial charge in [0.05, 0.1) is 42.9 Å². The Labute approximate surface area is 290 Å². The highest BCUT2D eigenvalue weighted by molar-refractivity contribution is 7.89. The van der Waals surface area contributed by atoms with Crippen molar-refractivity contribution in [2.75, 3.05) is 51.8 Å². The van der Waals surface area contributed by atoms with Gasteiger partial charge in [0.15, 0.2) is 6.29 Å². The van der Waals surface area contributed by atoms with E-state index in [1.807, 2.05) is 44.2 Å². The maximum absolute atomic E-state index is 14.4.